The summed E-state index contributed by atoms with van der Waals surface area (Å²) in [5, 5.41) is 9.83. The fourth-order valence-electron chi connectivity index (χ4n) is 6.02. The van der Waals surface area contributed by atoms with Gasteiger partial charge < -0.3 is 19.6 Å². The summed E-state index contributed by atoms with van der Waals surface area (Å²) in [6.45, 7) is 2.73. The van der Waals surface area contributed by atoms with E-state index in [0.29, 0.717) is 56.0 Å². The smallest absolute Gasteiger partial charge is 0.395 e. The van der Waals surface area contributed by atoms with Gasteiger partial charge in [-0.2, -0.15) is 13.2 Å². The lowest BCUT2D eigenvalue weighted by Gasteiger charge is -2.47. The minimum absolute atomic E-state index is 0.110. The molecule has 3 aliphatic rings. The number of amides is 1. The molecule has 2 heterocycles. The van der Waals surface area contributed by atoms with Crippen LogP contribution in [-0.2, 0) is 0 Å². The first-order valence-electron chi connectivity index (χ1n) is 13.9. The second kappa shape index (κ2) is 11.5. The molecule has 3 fully saturated rings. The van der Waals surface area contributed by atoms with Crippen LogP contribution in [0, 0.1) is 17.2 Å². The van der Waals surface area contributed by atoms with Gasteiger partial charge in [-0.1, -0.05) is 24.6 Å². The first-order chi connectivity index (χ1) is 18.6. The van der Waals surface area contributed by atoms with Gasteiger partial charge in [0.1, 0.15) is 11.6 Å². The Labute approximate surface area is 226 Å². The van der Waals surface area contributed by atoms with Gasteiger partial charge in [0, 0.05) is 30.8 Å². The minimum Gasteiger partial charge on any atom is -0.493 e. The number of piperidine rings is 2. The van der Waals surface area contributed by atoms with Crippen LogP contribution >= 0.6 is 0 Å². The van der Waals surface area contributed by atoms with Crippen LogP contribution in [0.5, 0.6) is 5.75 Å². The second-order valence-corrected chi connectivity index (χ2v) is 11.4. The highest BCUT2D eigenvalue weighted by molar-refractivity contribution is 5.95. The van der Waals surface area contributed by atoms with Crippen LogP contribution in [0.4, 0.5) is 17.6 Å². The van der Waals surface area contributed by atoms with Crippen molar-refractivity contribution < 1.29 is 32.2 Å². The Hall–Kier alpha value is -2.65. The number of benzene rings is 2. The van der Waals surface area contributed by atoms with Crippen molar-refractivity contribution in [1.82, 2.24) is 9.80 Å². The van der Waals surface area contributed by atoms with E-state index in [1.807, 2.05) is 4.90 Å². The molecule has 39 heavy (non-hydrogen) atoms. The van der Waals surface area contributed by atoms with Crippen LogP contribution < -0.4 is 4.74 Å². The van der Waals surface area contributed by atoms with Gasteiger partial charge in [0.25, 0.3) is 5.91 Å². The van der Waals surface area contributed by atoms with E-state index in [1.165, 1.54) is 6.07 Å². The highest BCUT2D eigenvalue weighted by atomic mass is 19.4. The highest BCUT2D eigenvalue weighted by Crippen LogP contribution is 2.53. The maximum atomic E-state index is 14.9. The van der Waals surface area contributed by atoms with Gasteiger partial charge in [0.15, 0.2) is 0 Å². The molecular weight excluding hydrogens is 512 g/mol. The van der Waals surface area contributed by atoms with Gasteiger partial charge >= 0.3 is 6.18 Å². The molecule has 1 aliphatic carbocycles. The van der Waals surface area contributed by atoms with Crippen molar-refractivity contribution in [3.8, 4) is 16.9 Å². The molecule has 1 unspecified atom stereocenters. The molecule has 1 atom stereocenters. The first-order valence-corrected chi connectivity index (χ1v) is 13.9. The Kier molecular flexibility index (Phi) is 8.19. The lowest BCUT2D eigenvalue weighted by molar-refractivity contribution is -0.256. The van der Waals surface area contributed by atoms with Gasteiger partial charge in [-0.3, -0.25) is 4.79 Å². The molecule has 2 aromatic carbocycles. The quantitative estimate of drug-likeness (QED) is 0.437. The average molecular weight is 549 g/mol. The van der Waals surface area contributed by atoms with Crippen molar-refractivity contribution in [1.29, 1.82) is 0 Å². The number of carbonyl (C=O) groups excluding carboxylic acids is 1. The van der Waals surface area contributed by atoms with Crippen molar-refractivity contribution in [2.75, 3.05) is 39.3 Å². The van der Waals surface area contributed by atoms with E-state index in [0.717, 1.165) is 19.3 Å². The molecule has 0 aromatic heterocycles. The van der Waals surface area contributed by atoms with Gasteiger partial charge in [0.05, 0.1) is 18.1 Å². The third kappa shape index (κ3) is 6.24. The van der Waals surface area contributed by atoms with Crippen molar-refractivity contribution in [3.05, 3.63) is 53.8 Å². The SMILES string of the molecule is O=C(c1ccc(-c2ccc(OCC3CCN(CC4(C(F)(F)F)CCC4)CC3)cc2)c(F)c1)N1CCCC(O)C1. The fourth-order valence-corrected chi connectivity index (χ4v) is 6.02. The molecule has 2 aliphatic heterocycles. The van der Waals surface area contributed by atoms with E-state index in [1.54, 1.807) is 41.3 Å². The Morgan fingerprint density at radius 2 is 1.72 bits per heavy atom. The van der Waals surface area contributed by atoms with Crippen molar-refractivity contribution in [3.63, 3.8) is 0 Å². The lowest BCUT2D eigenvalue weighted by atomic mass is 9.67. The van der Waals surface area contributed by atoms with Crippen LogP contribution in [0.2, 0.25) is 0 Å². The van der Waals surface area contributed by atoms with Gasteiger partial charge in [-0.05, 0) is 87.4 Å². The van der Waals surface area contributed by atoms with Gasteiger partial charge in [0.2, 0.25) is 0 Å². The molecule has 212 valence electrons. The summed E-state index contributed by atoms with van der Waals surface area (Å²) in [6.07, 6.45) is -0.523. The lowest BCUT2D eigenvalue weighted by Crippen LogP contribution is -2.53. The zero-order valence-electron chi connectivity index (χ0n) is 22.1. The number of hydrogen-bond donors (Lipinski definition) is 1. The number of carbonyl (C=O) groups is 1. The second-order valence-electron chi connectivity index (χ2n) is 11.4. The van der Waals surface area contributed by atoms with Crippen LogP contribution in [0.15, 0.2) is 42.5 Å². The molecule has 0 spiro atoms. The molecule has 5 rings (SSSR count). The van der Waals surface area contributed by atoms with Crippen LogP contribution in [0.1, 0.15) is 55.3 Å². The number of β-amino-alcohol motifs (C(OH)–C–C–N with tert-alkyl or cyclic N) is 1. The normalized spacial score (nSPS) is 22.4. The molecule has 1 N–H and O–H groups in total. The van der Waals surface area contributed by atoms with E-state index in [4.69, 9.17) is 4.74 Å². The van der Waals surface area contributed by atoms with Crippen LogP contribution in [0.3, 0.4) is 0 Å². The number of aliphatic hydroxyl groups is 1. The average Bonchev–Trinajstić information content (AvgIpc) is 2.89. The Bertz CT molecular complexity index is 1140. The number of ether oxygens (including phenoxy) is 1. The van der Waals surface area contributed by atoms with E-state index < -0.39 is 23.5 Å². The third-order valence-corrected chi connectivity index (χ3v) is 8.70. The van der Waals surface area contributed by atoms with E-state index >= 15 is 0 Å². The summed E-state index contributed by atoms with van der Waals surface area (Å²) in [4.78, 5) is 16.2. The molecule has 0 radical (unpaired) electrons. The third-order valence-electron chi connectivity index (χ3n) is 8.70. The van der Waals surface area contributed by atoms with E-state index in [2.05, 4.69) is 0 Å². The molecular formula is C30H36F4N2O3. The zero-order valence-corrected chi connectivity index (χ0v) is 22.1. The standard InChI is InChI=1S/C30H36F4N2O3/c31-27-17-23(28(38)36-14-1-3-24(37)18-36)6-9-26(27)22-4-7-25(8-5-22)39-19-21-10-15-35(16-11-21)20-29(12-2-13-29)30(32,33)34/h4-9,17,21,24,37H,1-3,10-16,18-20H2. The summed E-state index contributed by atoms with van der Waals surface area (Å²) in [5.41, 5.74) is -0.204. The molecule has 2 saturated heterocycles. The first kappa shape index (κ1) is 27.9. The van der Waals surface area contributed by atoms with Crippen molar-refractivity contribution in [2.24, 2.45) is 11.3 Å². The topological polar surface area (TPSA) is 53.0 Å². The number of halogens is 4. The number of alkyl halides is 3. The Morgan fingerprint density at radius 1 is 1.00 bits per heavy atom. The molecule has 2 aromatic rings. The fraction of sp³-hybridized carbons (Fsp3) is 0.567. The van der Waals surface area contributed by atoms with Crippen LogP contribution in [-0.4, -0.2) is 72.4 Å². The number of nitrogens with zero attached hydrogens (tertiary/aromatic N) is 2. The number of aliphatic hydroxyl groups excluding tert-OH is 1. The Balaban J connectivity index is 1.11. The summed E-state index contributed by atoms with van der Waals surface area (Å²) < 4.78 is 61.4. The predicted octanol–water partition coefficient (Wildman–Crippen LogP) is 5.91. The molecule has 1 saturated carbocycles. The van der Waals surface area contributed by atoms with Crippen molar-refractivity contribution >= 4 is 5.91 Å². The molecule has 5 nitrogen and oxygen atoms in total. The zero-order chi connectivity index (χ0) is 27.6. The largest absolute Gasteiger partial charge is 0.493 e. The molecule has 0 bridgehead atoms. The maximum absolute atomic E-state index is 14.9. The maximum Gasteiger partial charge on any atom is 0.395 e. The summed E-state index contributed by atoms with van der Waals surface area (Å²) in [6, 6.07) is 11.6. The summed E-state index contributed by atoms with van der Waals surface area (Å²) >= 11 is 0. The predicted molar refractivity (Wildman–Crippen MR) is 140 cm³/mol. The van der Waals surface area contributed by atoms with Gasteiger partial charge in [-0.25, -0.2) is 4.39 Å². The minimum atomic E-state index is -4.13. The monoisotopic (exact) mass is 548 g/mol. The molecule has 9 heteroatoms. The summed E-state index contributed by atoms with van der Waals surface area (Å²) in [7, 11) is 0. The molecule has 1 amide bonds. The Morgan fingerprint density at radius 3 is 2.31 bits per heavy atom. The number of likely N-dealkylation sites (tertiary alicyclic amines) is 2. The number of hydrogen-bond acceptors (Lipinski definition) is 4. The van der Waals surface area contributed by atoms with Gasteiger partial charge in [-0.15, -0.1) is 0 Å². The van der Waals surface area contributed by atoms with Crippen LogP contribution in [0.25, 0.3) is 11.1 Å². The van der Waals surface area contributed by atoms with E-state index in [9.17, 15) is 27.5 Å². The highest BCUT2D eigenvalue weighted by Gasteiger charge is 2.58. The number of rotatable bonds is 7. The van der Waals surface area contributed by atoms with Crippen molar-refractivity contribution in [2.45, 2.75) is 57.2 Å². The van der Waals surface area contributed by atoms with E-state index in [-0.39, 0.29) is 43.3 Å². The summed E-state index contributed by atoms with van der Waals surface area (Å²) in [5.74, 6) is 0.167.